The molecule has 3 nitrogen and oxygen atoms in total. The van der Waals surface area contributed by atoms with Crippen molar-refractivity contribution in [3.63, 3.8) is 0 Å². The fourth-order valence-electron chi connectivity index (χ4n) is 2.32. The van der Waals surface area contributed by atoms with Crippen molar-refractivity contribution >= 4 is 0 Å². The molecule has 1 aliphatic heterocycles. The molecule has 1 heterocycles. The Morgan fingerprint density at radius 3 is 2.41 bits per heavy atom. The second-order valence-electron chi connectivity index (χ2n) is 5.62. The number of hydrogen-bond acceptors (Lipinski definition) is 3. The Kier molecular flexibility index (Phi) is 7.82. The van der Waals surface area contributed by atoms with Crippen LogP contribution in [0.15, 0.2) is 0 Å². The monoisotopic (exact) mass is 243 g/mol. The Morgan fingerprint density at radius 1 is 1.12 bits per heavy atom. The Labute approximate surface area is 106 Å². The molecule has 0 aromatic rings. The zero-order valence-corrected chi connectivity index (χ0v) is 11.5. The van der Waals surface area contributed by atoms with E-state index < -0.39 is 0 Å². The first-order valence-electron chi connectivity index (χ1n) is 7.13. The van der Waals surface area contributed by atoms with Crippen molar-refractivity contribution in [3.8, 4) is 0 Å². The summed E-state index contributed by atoms with van der Waals surface area (Å²) in [6.45, 7) is 9.96. The van der Waals surface area contributed by atoms with E-state index in [1.165, 1.54) is 32.2 Å². The van der Waals surface area contributed by atoms with Gasteiger partial charge in [0.25, 0.3) is 0 Å². The molecule has 0 spiro atoms. The predicted molar refractivity (Wildman–Crippen MR) is 71.1 cm³/mol. The molecule has 0 saturated carbocycles. The fraction of sp³-hybridized carbons (Fsp3) is 1.00. The molecular weight excluding hydrogens is 214 g/mol. The standard InChI is InChI=1S/C14H29NO2/c1-13(2)5-6-14(12-16)4-3-7-15-8-10-17-11-9-15/h13-14,16H,3-12H2,1-2H3/t14-/m1/s1. The van der Waals surface area contributed by atoms with E-state index in [2.05, 4.69) is 18.7 Å². The average molecular weight is 243 g/mol. The van der Waals surface area contributed by atoms with E-state index in [4.69, 9.17) is 4.74 Å². The zero-order chi connectivity index (χ0) is 12.5. The SMILES string of the molecule is CC(C)CC[C@H](CO)CCCN1CCOCC1. The van der Waals surface area contributed by atoms with Crippen molar-refractivity contribution in [3.05, 3.63) is 0 Å². The number of hydrogen-bond donors (Lipinski definition) is 1. The fourth-order valence-corrected chi connectivity index (χ4v) is 2.32. The molecule has 3 heteroatoms. The summed E-state index contributed by atoms with van der Waals surface area (Å²) in [6, 6.07) is 0. The molecule has 0 bridgehead atoms. The van der Waals surface area contributed by atoms with Gasteiger partial charge in [-0.3, -0.25) is 4.90 Å². The van der Waals surface area contributed by atoms with Gasteiger partial charge in [-0.1, -0.05) is 20.3 Å². The first kappa shape index (κ1) is 14.9. The van der Waals surface area contributed by atoms with Gasteiger partial charge in [-0.05, 0) is 37.6 Å². The van der Waals surface area contributed by atoms with Crippen molar-refractivity contribution in [2.24, 2.45) is 11.8 Å². The van der Waals surface area contributed by atoms with E-state index in [1.54, 1.807) is 0 Å². The number of morpholine rings is 1. The molecule has 1 atom stereocenters. The number of ether oxygens (including phenoxy) is 1. The Hall–Kier alpha value is -0.120. The van der Waals surface area contributed by atoms with Crippen LogP contribution in [0.3, 0.4) is 0 Å². The van der Waals surface area contributed by atoms with Gasteiger partial charge in [0.2, 0.25) is 0 Å². The van der Waals surface area contributed by atoms with E-state index in [-0.39, 0.29) is 0 Å². The lowest BCUT2D eigenvalue weighted by molar-refractivity contribution is 0.0361. The average Bonchev–Trinajstić information content (AvgIpc) is 2.34. The zero-order valence-electron chi connectivity index (χ0n) is 11.5. The van der Waals surface area contributed by atoms with Crippen LogP contribution in [0.2, 0.25) is 0 Å². The highest BCUT2D eigenvalue weighted by molar-refractivity contribution is 4.65. The normalized spacial score (nSPS) is 19.8. The van der Waals surface area contributed by atoms with Gasteiger partial charge >= 0.3 is 0 Å². The third-order valence-electron chi connectivity index (χ3n) is 3.60. The molecule has 0 aromatic heterocycles. The highest BCUT2D eigenvalue weighted by atomic mass is 16.5. The van der Waals surface area contributed by atoms with Crippen LogP contribution in [0.4, 0.5) is 0 Å². The summed E-state index contributed by atoms with van der Waals surface area (Å²) in [4.78, 5) is 2.47. The molecule has 0 amide bonds. The number of rotatable bonds is 8. The highest BCUT2D eigenvalue weighted by Gasteiger charge is 2.12. The molecule has 1 fully saturated rings. The van der Waals surface area contributed by atoms with Crippen molar-refractivity contribution in [1.82, 2.24) is 4.90 Å². The van der Waals surface area contributed by atoms with Gasteiger partial charge in [0.1, 0.15) is 0 Å². The molecule has 0 aromatic carbocycles. The lowest BCUT2D eigenvalue weighted by Crippen LogP contribution is -2.37. The Morgan fingerprint density at radius 2 is 1.82 bits per heavy atom. The maximum absolute atomic E-state index is 9.34. The summed E-state index contributed by atoms with van der Waals surface area (Å²) in [5.41, 5.74) is 0. The molecule has 0 aliphatic carbocycles. The van der Waals surface area contributed by atoms with Gasteiger partial charge in [-0.15, -0.1) is 0 Å². The van der Waals surface area contributed by atoms with E-state index in [1.807, 2.05) is 0 Å². The van der Waals surface area contributed by atoms with Crippen molar-refractivity contribution < 1.29 is 9.84 Å². The second kappa shape index (κ2) is 8.90. The minimum atomic E-state index is 0.357. The van der Waals surface area contributed by atoms with Crippen LogP contribution in [0.1, 0.15) is 39.5 Å². The summed E-state index contributed by atoms with van der Waals surface area (Å²) in [5, 5.41) is 9.34. The summed E-state index contributed by atoms with van der Waals surface area (Å²) in [7, 11) is 0. The first-order valence-corrected chi connectivity index (χ1v) is 7.13. The van der Waals surface area contributed by atoms with E-state index in [0.29, 0.717) is 12.5 Å². The molecule has 1 aliphatic rings. The van der Waals surface area contributed by atoms with E-state index in [9.17, 15) is 5.11 Å². The minimum Gasteiger partial charge on any atom is -0.396 e. The first-order chi connectivity index (χ1) is 8.22. The molecule has 17 heavy (non-hydrogen) atoms. The van der Waals surface area contributed by atoms with Crippen LogP contribution < -0.4 is 0 Å². The van der Waals surface area contributed by atoms with Gasteiger partial charge < -0.3 is 9.84 Å². The van der Waals surface area contributed by atoms with Crippen molar-refractivity contribution in [1.29, 1.82) is 0 Å². The Balaban J connectivity index is 2.05. The maximum atomic E-state index is 9.34. The van der Waals surface area contributed by atoms with E-state index in [0.717, 1.165) is 32.2 Å². The minimum absolute atomic E-state index is 0.357. The highest BCUT2D eigenvalue weighted by Crippen LogP contribution is 2.17. The maximum Gasteiger partial charge on any atom is 0.0594 e. The molecule has 0 radical (unpaired) electrons. The van der Waals surface area contributed by atoms with Crippen molar-refractivity contribution in [2.75, 3.05) is 39.5 Å². The lowest BCUT2D eigenvalue weighted by Gasteiger charge is -2.27. The second-order valence-corrected chi connectivity index (χ2v) is 5.62. The molecule has 1 saturated heterocycles. The third kappa shape index (κ3) is 7.02. The molecule has 102 valence electrons. The van der Waals surface area contributed by atoms with Crippen LogP contribution >= 0.6 is 0 Å². The smallest absolute Gasteiger partial charge is 0.0594 e. The van der Waals surface area contributed by atoms with Crippen LogP contribution in [0, 0.1) is 11.8 Å². The van der Waals surface area contributed by atoms with Crippen LogP contribution in [-0.2, 0) is 4.74 Å². The summed E-state index contributed by atoms with van der Waals surface area (Å²) in [6.07, 6.45) is 4.80. The van der Waals surface area contributed by atoms with Gasteiger partial charge in [0, 0.05) is 19.7 Å². The van der Waals surface area contributed by atoms with Crippen LogP contribution in [0.5, 0.6) is 0 Å². The van der Waals surface area contributed by atoms with Crippen LogP contribution in [0.25, 0.3) is 0 Å². The largest absolute Gasteiger partial charge is 0.396 e. The van der Waals surface area contributed by atoms with Gasteiger partial charge in [0.15, 0.2) is 0 Å². The Bertz CT molecular complexity index is 179. The summed E-state index contributed by atoms with van der Waals surface area (Å²) >= 11 is 0. The number of nitrogens with zero attached hydrogens (tertiary/aromatic N) is 1. The molecule has 0 unspecified atom stereocenters. The third-order valence-corrected chi connectivity index (χ3v) is 3.60. The topological polar surface area (TPSA) is 32.7 Å². The molecule has 1 rings (SSSR count). The lowest BCUT2D eigenvalue weighted by atomic mass is 9.94. The molecule has 1 N–H and O–H groups in total. The number of aliphatic hydroxyl groups excluding tert-OH is 1. The quantitative estimate of drug-likeness (QED) is 0.709. The van der Waals surface area contributed by atoms with E-state index >= 15 is 0 Å². The molecular formula is C14H29NO2. The predicted octanol–water partition coefficient (Wildman–Crippen LogP) is 2.14. The van der Waals surface area contributed by atoms with Gasteiger partial charge in [-0.2, -0.15) is 0 Å². The summed E-state index contributed by atoms with van der Waals surface area (Å²) in [5.74, 6) is 1.27. The summed E-state index contributed by atoms with van der Waals surface area (Å²) < 4.78 is 5.33. The van der Waals surface area contributed by atoms with Gasteiger partial charge in [0.05, 0.1) is 13.2 Å². The van der Waals surface area contributed by atoms with Gasteiger partial charge in [-0.25, -0.2) is 0 Å². The number of aliphatic hydroxyl groups is 1. The van der Waals surface area contributed by atoms with Crippen molar-refractivity contribution in [2.45, 2.75) is 39.5 Å². The van der Waals surface area contributed by atoms with Crippen LogP contribution in [-0.4, -0.2) is 49.5 Å².